The lowest BCUT2D eigenvalue weighted by Crippen LogP contribution is -2.33. The Morgan fingerprint density at radius 1 is 1.53 bits per heavy atom. The summed E-state index contributed by atoms with van der Waals surface area (Å²) in [5.74, 6) is 6.61. The number of hydrogen-bond acceptors (Lipinski definition) is 3. The molecule has 1 heterocycles. The first-order valence-corrected chi connectivity index (χ1v) is 7.47. The predicted octanol–water partition coefficient (Wildman–Crippen LogP) is 2.35. The molecule has 0 radical (unpaired) electrons. The van der Waals surface area contributed by atoms with Gasteiger partial charge in [0, 0.05) is 20.0 Å². The molecule has 1 N–H and O–H groups in total. The van der Waals surface area contributed by atoms with Gasteiger partial charge in [0.25, 0.3) is 5.91 Å². The van der Waals surface area contributed by atoms with Crippen LogP contribution in [-0.4, -0.2) is 36.1 Å². The van der Waals surface area contributed by atoms with Gasteiger partial charge >= 0.3 is 0 Å². The van der Waals surface area contributed by atoms with Crippen LogP contribution in [0.4, 0.5) is 0 Å². The van der Waals surface area contributed by atoms with Gasteiger partial charge in [0.2, 0.25) is 0 Å². The van der Waals surface area contributed by atoms with Crippen molar-refractivity contribution in [2.24, 2.45) is 5.92 Å². The monoisotopic (exact) mass is 277 g/mol. The average Bonchev–Trinajstić information content (AvgIpc) is 2.81. The van der Waals surface area contributed by atoms with Crippen molar-refractivity contribution in [2.75, 3.05) is 20.2 Å². The van der Waals surface area contributed by atoms with Crippen molar-refractivity contribution in [3.05, 3.63) is 21.9 Å². The summed E-state index contributed by atoms with van der Waals surface area (Å²) in [7, 11) is 1.87. The number of thiophene rings is 1. The Balaban J connectivity index is 1.93. The second-order valence-corrected chi connectivity index (χ2v) is 6.01. The molecule has 0 unspecified atom stereocenters. The fraction of sp³-hybridized carbons (Fsp3) is 0.533. The highest BCUT2D eigenvalue weighted by Crippen LogP contribution is 2.27. The number of amides is 1. The number of rotatable bonds is 4. The predicted molar refractivity (Wildman–Crippen MR) is 77.2 cm³/mol. The van der Waals surface area contributed by atoms with Gasteiger partial charge in [-0.2, -0.15) is 0 Å². The van der Waals surface area contributed by atoms with Crippen LogP contribution in [0.1, 0.15) is 40.2 Å². The van der Waals surface area contributed by atoms with Crippen LogP contribution in [0.3, 0.4) is 0 Å². The van der Waals surface area contributed by atoms with E-state index in [4.69, 9.17) is 5.11 Å². The van der Waals surface area contributed by atoms with Crippen LogP contribution in [0.2, 0.25) is 0 Å². The number of carbonyl (C=O) groups is 1. The van der Waals surface area contributed by atoms with E-state index in [2.05, 4.69) is 11.8 Å². The Bertz CT molecular complexity index is 494. The number of carbonyl (C=O) groups excluding carboxylic acids is 1. The van der Waals surface area contributed by atoms with Gasteiger partial charge in [-0.25, -0.2) is 0 Å². The Morgan fingerprint density at radius 2 is 2.32 bits per heavy atom. The molecule has 1 aliphatic carbocycles. The molecule has 102 valence electrons. The highest BCUT2D eigenvalue weighted by Gasteiger charge is 2.22. The minimum absolute atomic E-state index is 0.0777. The van der Waals surface area contributed by atoms with Gasteiger partial charge in [0.1, 0.15) is 0 Å². The third-order valence-electron chi connectivity index (χ3n) is 3.37. The van der Waals surface area contributed by atoms with E-state index < -0.39 is 0 Å². The first-order chi connectivity index (χ1) is 9.20. The zero-order chi connectivity index (χ0) is 13.7. The van der Waals surface area contributed by atoms with E-state index in [0.717, 1.165) is 16.3 Å². The van der Waals surface area contributed by atoms with Crippen LogP contribution < -0.4 is 0 Å². The molecule has 0 aromatic carbocycles. The van der Waals surface area contributed by atoms with Crippen LogP contribution in [0.5, 0.6) is 0 Å². The number of aliphatic hydroxyl groups is 1. The van der Waals surface area contributed by atoms with Crippen molar-refractivity contribution in [1.82, 2.24) is 4.90 Å². The molecule has 2 rings (SSSR count). The maximum Gasteiger partial charge on any atom is 0.263 e. The summed E-state index contributed by atoms with van der Waals surface area (Å²) in [6, 6.07) is 3.71. The summed E-state index contributed by atoms with van der Waals surface area (Å²) >= 11 is 1.43. The summed E-state index contributed by atoms with van der Waals surface area (Å²) in [5, 5.41) is 8.66. The van der Waals surface area contributed by atoms with E-state index in [9.17, 15) is 4.79 Å². The summed E-state index contributed by atoms with van der Waals surface area (Å²) in [5.41, 5.74) is 0. The molecule has 19 heavy (non-hydrogen) atoms. The normalized spacial score (nSPS) is 14.4. The Hall–Kier alpha value is -1.31. The first-order valence-electron chi connectivity index (χ1n) is 6.65. The van der Waals surface area contributed by atoms with E-state index >= 15 is 0 Å². The summed E-state index contributed by atoms with van der Waals surface area (Å²) < 4.78 is 0. The molecular formula is C15H19NO2S. The van der Waals surface area contributed by atoms with Crippen LogP contribution in [-0.2, 0) is 0 Å². The molecule has 1 fully saturated rings. The Morgan fingerprint density at radius 3 is 2.95 bits per heavy atom. The fourth-order valence-electron chi connectivity index (χ4n) is 2.06. The second kappa shape index (κ2) is 6.74. The first kappa shape index (κ1) is 14.1. The van der Waals surface area contributed by atoms with Crippen LogP contribution >= 0.6 is 11.3 Å². The van der Waals surface area contributed by atoms with E-state index in [-0.39, 0.29) is 12.5 Å². The third kappa shape index (κ3) is 3.82. The van der Waals surface area contributed by atoms with E-state index in [1.54, 1.807) is 0 Å². The molecule has 1 aromatic rings. The van der Waals surface area contributed by atoms with Crippen molar-refractivity contribution in [3.63, 3.8) is 0 Å². The van der Waals surface area contributed by atoms with E-state index in [1.165, 1.54) is 30.6 Å². The van der Waals surface area contributed by atoms with Crippen molar-refractivity contribution in [1.29, 1.82) is 0 Å². The zero-order valence-electron chi connectivity index (χ0n) is 11.2. The molecule has 0 saturated heterocycles. The van der Waals surface area contributed by atoms with Gasteiger partial charge in [-0.1, -0.05) is 18.3 Å². The van der Waals surface area contributed by atoms with Gasteiger partial charge in [-0.3, -0.25) is 4.79 Å². The smallest absolute Gasteiger partial charge is 0.263 e. The highest BCUT2D eigenvalue weighted by molar-refractivity contribution is 7.14. The molecule has 1 aromatic heterocycles. The van der Waals surface area contributed by atoms with Gasteiger partial charge in [0.05, 0.1) is 16.4 Å². The molecule has 1 saturated carbocycles. The molecule has 1 aliphatic rings. The largest absolute Gasteiger partial charge is 0.395 e. The molecule has 0 spiro atoms. The van der Waals surface area contributed by atoms with Gasteiger partial charge in [-0.05, 0) is 30.9 Å². The molecule has 1 amide bonds. The minimum Gasteiger partial charge on any atom is -0.395 e. The fourth-order valence-corrected chi connectivity index (χ4v) is 2.93. The average molecular weight is 277 g/mol. The molecule has 0 aliphatic heterocycles. The van der Waals surface area contributed by atoms with Crippen LogP contribution in [0.15, 0.2) is 12.1 Å². The maximum absolute atomic E-state index is 12.2. The van der Waals surface area contributed by atoms with Crippen molar-refractivity contribution in [3.8, 4) is 11.8 Å². The van der Waals surface area contributed by atoms with Gasteiger partial charge in [0.15, 0.2) is 0 Å². The number of nitrogens with zero attached hydrogens (tertiary/aromatic N) is 1. The molecule has 0 atom stereocenters. The second-order valence-electron chi connectivity index (χ2n) is 4.92. The lowest BCUT2D eigenvalue weighted by atomic mass is 9.85. The lowest BCUT2D eigenvalue weighted by molar-refractivity contribution is 0.0750. The zero-order valence-corrected chi connectivity index (χ0v) is 12.0. The van der Waals surface area contributed by atoms with Crippen LogP contribution in [0.25, 0.3) is 0 Å². The summed E-state index contributed by atoms with van der Waals surface area (Å²) in [6.45, 7) is 0.941. The van der Waals surface area contributed by atoms with E-state index in [0.29, 0.717) is 12.3 Å². The minimum atomic E-state index is 0.0777. The van der Waals surface area contributed by atoms with Gasteiger partial charge < -0.3 is 10.0 Å². The molecule has 4 heteroatoms. The SMILES string of the molecule is CN(CC1CCC1)C(=O)c1ccc(C#CCCO)s1. The molecule has 3 nitrogen and oxygen atoms in total. The van der Waals surface area contributed by atoms with Gasteiger partial charge in [-0.15, -0.1) is 11.3 Å². The van der Waals surface area contributed by atoms with E-state index in [1.807, 2.05) is 24.1 Å². The number of aliphatic hydroxyl groups excluding tert-OH is 1. The highest BCUT2D eigenvalue weighted by atomic mass is 32.1. The standard InChI is InChI=1S/C15H19NO2S/c1-16(11-12-5-4-6-12)15(18)14-9-8-13(19-14)7-2-3-10-17/h8-9,12,17H,3-6,10-11H2,1H3. The quantitative estimate of drug-likeness (QED) is 0.858. The van der Waals surface area contributed by atoms with Crippen molar-refractivity contribution >= 4 is 17.2 Å². The topological polar surface area (TPSA) is 40.5 Å². The Kier molecular flexibility index (Phi) is 5.00. The maximum atomic E-state index is 12.2. The molecular weight excluding hydrogens is 258 g/mol. The van der Waals surface area contributed by atoms with Crippen LogP contribution in [0, 0.1) is 17.8 Å². The van der Waals surface area contributed by atoms with Crippen molar-refractivity contribution in [2.45, 2.75) is 25.7 Å². The Labute approximate surface area is 118 Å². The summed E-state index contributed by atoms with van der Waals surface area (Å²) in [6.07, 6.45) is 4.28. The summed E-state index contributed by atoms with van der Waals surface area (Å²) in [4.78, 5) is 15.7. The third-order valence-corrected chi connectivity index (χ3v) is 4.36. The molecule has 0 bridgehead atoms. The lowest BCUT2D eigenvalue weighted by Gasteiger charge is -2.29. The number of hydrogen-bond donors (Lipinski definition) is 1. The van der Waals surface area contributed by atoms with Crippen molar-refractivity contribution < 1.29 is 9.90 Å².